The molecule has 0 aliphatic carbocycles. The summed E-state index contributed by atoms with van der Waals surface area (Å²) in [4.78, 5) is 0. The largest absolute Gasteiger partial charge is 0.383 e. The van der Waals surface area contributed by atoms with E-state index in [2.05, 4.69) is 47.3 Å². The van der Waals surface area contributed by atoms with Crippen LogP contribution in [0.25, 0.3) is 0 Å². The molecule has 4 heteroatoms. The molecule has 100 valence electrons. The van der Waals surface area contributed by atoms with E-state index >= 15 is 0 Å². The van der Waals surface area contributed by atoms with Crippen LogP contribution < -0.4 is 10.6 Å². The van der Waals surface area contributed by atoms with Crippen LogP contribution in [-0.4, -0.2) is 12.6 Å². The fourth-order valence-corrected chi connectivity index (χ4v) is 2.72. The van der Waals surface area contributed by atoms with Crippen molar-refractivity contribution in [2.45, 2.75) is 39.7 Å². The van der Waals surface area contributed by atoms with E-state index in [4.69, 9.17) is 0 Å². The first kappa shape index (κ1) is 13.7. The van der Waals surface area contributed by atoms with Gasteiger partial charge in [-0.1, -0.05) is 20.8 Å². The fourth-order valence-electron chi connectivity index (χ4n) is 2.38. The lowest BCUT2D eigenvalue weighted by Gasteiger charge is -2.26. The Kier molecular flexibility index (Phi) is 3.85. The number of hydrogen-bond donors (Lipinski definition) is 2. The van der Waals surface area contributed by atoms with Gasteiger partial charge in [0, 0.05) is 18.7 Å². The van der Waals surface area contributed by atoms with Crippen LogP contribution in [0.1, 0.15) is 33.6 Å². The first-order chi connectivity index (χ1) is 8.35. The maximum absolute atomic E-state index is 13.5. The molecule has 0 aromatic heterocycles. The summed E-state index contributed by atoms with van der Waals surface area (Å²) in [6.07, 6.45) is 2.15. The van der Waals surface area contributed by atoms with Gasteiger partial charge in [-0.05, 0) is 40.3 Å². The van der Waals surface area contributed by atoms with Crippen molar-refractivity contribution < 1.29 is 4.39 Å². The quantitative estimate of drug-likeness (QED) is 0.790. The minimum atomic E-state index is -0.225. The van der Waals surface area contributed by atoms with Crippen molar-refractivity contribution in [2.24, 2.45) is 5.41 Å². The fraction of sp³-hybridized carbons (Fsp3) is 0.571. The average Bonchev–Trinajstić information content (AvgIpc) is 2.38. The van der Waals surface area contributed by atoms with Gasteiger partial charge in [-0.3, -0.25) is 0 Å². The van der Waals surface area contributed by atoms with Crippen LogP contribution in [0.2, 0.25) is 0 Å². The Hall–Kier alpha value is -0.770. The molecule has 1 aliphatic rings. The molecule has 0 radical (unpaired) electrons. The highest BCUT2D eigenvalue weighted by Crippen LogP contribution is 2.33. The number of nitrogens with one attached hydrogen (secondary N) is 2. The standard InChI is InChI=1S/C14H20BrFN2/c1-14(2,3)8-9-4-5-17-12-7-11(16)10(15)6-13(12)18-9/h6-7,9,17-18H,4-5,8H2,1-3H3. The highest BCUT2D eigenvalue weighted by atomic mass is 79.9. The van der Waals surface area contributed by atoms with E-state index in [9.17, 15) is 4.39 Å². The van der Waals surface area contributed by atoms with Crippen LogP contribution in [0.5, 0.6) is 0 Å². The highest BCUT2D eigenvalue weighted by Gasteiger charge is 2.22. The van der Waals surface area contributed by atoms with E-state index in [1.54, 1.807) is 6.07 Å². The molecule has 0 amide bonds. The molecule has 1 aromatic rings. The number of hydrogen-bond acceptors (Lipinski definition) is 2. The Morgan fingerprint density at radius 2 is 2.06 bits per heavy atom. The Morgan fingerprint density at radius 1 is 1.33 bits per heavy atom. The monoisotopic (exact) mass is 314 g/mol. The summed E-state index contributed by atoms with van der Waals surface area (Å²) in [5.74, 6) is -0.225. The van der Waals surface area contributed by atoms with E-state index in [0.29, 0.717) is 15.9 Å². The topological polar surface area (TPSA) is 24.1 Å². The molecule has 1 aliphatic heterocycles. The van der Waals surface area contributed by atoms with Gasteiger partial charge in [-0.15, -0.1) is 0 Å². The molecule has 0 bridgehead atoms. The van der Waals surface area contributed by atoms with Crippen molar-refractivity contribution >= 4 is 27.3 Å². The van der Waals surface area contributed by atoms with Crippen LogP contribution in [-0.2, 0) is 0 Å². The van der Waals surface area contributed by atoms with Crippen LogP contribution in [0, 0.1) is 11.2 Å². The molecule has 1 atom stereocenters. The third-order valence-corrected chi connectivity index (χ3v) is 3.69. The Morgan fingerprint density at radius 3 is 2.72 bits per heavy atom. The van der Waals surface area contributed by atoms with E-state index < -0.39 is 0 Å². The van der Waals surface area contributed by atoms with Gasteiger partial charge in [0.05, 0.1) is 15.8 Å². The number of anilines is 2. The number of fused-ring (bicyclic) bond motifs is 1. The van der Waals surface area contributed by atoms with Crippen molar-refractivity contribution in [3.8, 4) is 0 Å². The smallest absolute Gasteiger partial charge is 0.139 e. The molecule has 2 N–H and O–H groups in total. The normalized spacial score (nSPS) is 19.5. The van der Waals surface area contributed by atoms with Gasteiger partial charge in [0.25, 0.3) is 0 Å². The molecular weight excluding hydrogens is 295 g/mol. The number of rotatable bonds is 1. The minimum Gasteiger partial charge on any atom is -0.383 e. The predicted octanol–water partition coefficient (Wildman–Crippen LogP) is 4.62. The van der Waals surface area contributed by atoms with Gasteiger partial charge < -0.3 is 10.6 Å². The molecule has 0 saturated carbocycles. The second-order valence-electron chi connectivity index (χ2n) is 6.13. The summed E-state index contributed by atoms with van der Waals surface area (Å²) in [5.41, 5.74) is 2.13. The molecule has 2 nitrogen and oxygen atoms in total. The zero-order valence-corrected chi connectivity index (χ0v) is 12.7. The van der Waals surface area contributed by atoms with Crippen molar-refractivity contribution in [3.63, 3.8) is 0 Å². The van der Waals surface area contributed by atoms with Gasteiger partial charge in [-0.25, -0.2) is 4.39 Å². The molecule has 2 rings (SSSR count). The van der Waals surface area contributed by atoms with Gasteiger partial charge in [0.15, 0.2) is 0 Å². The predicted molar refractivity (Wildman–Crippen MR) is 78.7 cm³/mol. The minimum absolute atomic E-state index is 0.225. The first-order valence-electron chi connectivity index (χ1n) is 6.34. The molecule has 1 aromatic carbocycles. The number of benzene rings is 1. The Bertz CT molecular complexity index is 440. The van der Waals surface area contributed by atoms with Gasteiger partial charge in [-0.2, -0.15) is 0 Å². The maximum Gasteiger partial charge on any atom is 0.139 e. The highest BCUT2D eigenvalue weighted by molar-refractivity contribution is 9.10. The summed E-state index contributed by atoms with van der Waals surface area (Å²) in [5, 5.41) is 6.81. The summed E-state index contributed by atoms with van der Waals surface area (Å²) in [7, 11) is 0. The second-order valence-corrected chi connectivity index (χ2v) is 6.99. The molecular formula is C14H20BrFN2. The lowest BCUT2D eigenvalue weighted by Crippen LogP contribution is -2.25. The summed E-state index contributed by atoms with van der Waals surface area (Å²) in [6.45, 7) is 7.61. The van der Waals surface area contributed by atoms with Gasteiger partial charge >= 0.3 is 0 Å². The SMILES string of the molecule is CC(C)(C)CC1CCNc2cc(F)c(Br)cc2N1. The summed E-state index contributed by atoms with van der Waals surface area (Å²) >= 11 is 3.24. The average molecular weight is 315 g/mol. The van der Waals surface area contributed by atoms with Crippen LogP contribution in [0.15, 0.2) is 16.6 Å². The van der Waals surface area contributed by atoms with Crippen molar-refractivity contribution in [1.29, 1.82) is 0 Å². The first-order valence-corrected chi connectivity index (χ1v) is 7.14. The molecule has 0 fully saturated rings. The van der Waals surface area contributed by atoms with Crippen molar-refractivity contribution in [2.75, 3.05) is 17.2 Å². The van der Waals surface area contributed by atoms with Gasteiger partial charge in [0.2, 0.25) is 0 Å². The third-order valence-electron chi connectivity index (χ3n) is 3.09. The molecule has 0 saturated heterocycles. The van der Waals surface area contributed by atoms with E-state index in [-0.39, 0.29) is 5.82 Å². The lowest BCUT2D eigenvalue weighted by molar-refractivity contribution is 0.345. The summed E-state index contributed by atoms with van der Waals surface area (Å²) < 4.78 is 14.0. The van der Waals surface area contributed by atoms with E-state index in [0.717, 1.165) is 30.8 Å². The maximum atomic E-state index is 13.5. The lowest BCUT2D eigenvalue weighted by atomic mass is 9.87. The zero-order valence-electron chi connectivity index (χ0n) is 11.1. The van der Waals surface area contributed by atoms with Crippen LogP contribution >= 0.6 is 15.9 Å². The van der Waals surface area contributed by atoms with Crippen LogP contribution in [0.4, 0.5) is 15.8 Å². The van der Waals surface area contributed by atoms with Gasteiger partial charge in [0.1, 0.15) is 5.82 Å². The molecule has 18 heavy (non-hydrogen) atoms. The molecule has 0 spiro atoms. The molecule has 1 heterocycles. The number of halogens is 2. The Balaban J connectivity index is 2.21. The van der Waals surface area contributed by atoms with E-state index in [1.165, 1.54) is 0 Å². The Labute approximate surface area is 116 Å². The molecule has 1 unspecified atom stereocenters. The summed E-state index contributed by atoms with van der Waals surface area (Å²) in [6, 6.07) is 3.79. The zero-order chi connectivity index (χ0) is 13.3. The van der Waals surface area contributed by atoms with Crippen molar-refractivity contribution in [3.05, 3.63) is 22.4 Å². The van der Waals surface area contributed by atoms with Crippen molar-refractivity contribution in [1.82, 2.24) is 0 Å². The second kappa shape index (κ2) is 5.08. The third kappa shape index (κ3) is 3.37. The van der Waals surface area contributed by atoms with Crippen LogP contribution in [0.3, 0.4) is 0 Å². The van der Waals surface area contributed by atoms with E-state index in [1.807, 2.05) is 6.07 Å².